The fourth-order valence-corrected chi connectivity index (χ4v) is 5.41. The Morgan fingerprint density at radius 1 is 1.15 bits per heavy atom. The highest BCUT2D eigenvalue weighted by Gasteiger charge is 2.31. The highest BCUT2D eigenvalue weighted by atomic mass is 15.1. The van der Waals surface area contributed by atoms with E-state index in [-0.39, 0.29) is 0 Å². The van der Waals surface area contributed by atoms with Crippen molar-refractivity contribution in [2.75, 3.05) is 14.1 Å². The largest absolute Gasteiger partial charge is 0.368 e. The monoisotopic (exact) mass is 457 g/mol. The molecule has 3 heteroatoms. The quantitative estimate of drug-likeness (QED) is 0.381. The van der Waals surface area contributed by atoms with Crippen LogP contribution in [0.3, 0.4) is 0 Å². The van der Waals surface area contributed by atoms with Crippen LogP contribution >= 0.6 is 0 Å². The van der Waals surface area contributed by atoms with Gasteiger partial charge in [0.15, 0.2) is 0 Å². The van der Waals surface area contributed by atoms with Gasteiger partial charge in [0.25, 0.3) is 0 Å². The lowest BCUT2D eigenvalue weighted by atomic mass is 9.83. The third-order valence-electron chi connectivity index (χ3n) is 7.21. The number of nitrogens with zero attached hydrogens (tertiary/aromatic N) is 2. The molecule has 0 saturated heterocycles. The normalized spacial score (nSPS) is 17.5. The summed E-state index contributed by atoms with van der Waals surface area (Å²) < 4.78 is 0. The van der Waals surface area contributed by atoms with E-state index >= 15 is 0 Å². The Kier molecular flexibility index (Phi) is 8.54. The number of benzene rings is 1. The van der Waals surface area contributed by atoms with Crippen LogP contribution in [-0.2, 0) is 19.4 Å². The van der Waals surface area contributed by atoms with E-state index < -0.39 is 0 Å². The van der Waals surface area contributed by atoms with E-state index in [0.29, 0.717) is 5.92 Å². The Morgan fingerprint density at radius 3 is 2.44 bits per heavy atom. The van der Waals surface area contributed by atoms with Crippen LogP contribution in [-0.4, -0.2) is 24.0 Å². The molecule has 0 saturated carbocycles. The summed E-state index contributed by atoms with van der Waals surface area (Å²) in [7, 11) is 3.72. The predicted octanol–water partition coefficient (Wildman–Crippen LogP) is 7.20. The molecule has 3 nitrogen and oxygen atoms in total. The van der Waals surface area contributed by atoms with Gasteiger partial charge in [0.1, 0.15) is 0 Å². The van der Waals surface area contributed by atoms with Crippen molar-refractivity contribution in [2.45, 2.75) is 73.3 Å². The molecule has 2 N–H and O–H groups in total. The lowest BCUT2D eigenvalue weighted by Crippen LogP contribution is -2.10. The van der Waals surface area contributed by atoms with E-state index in [4.69, 9.17) is 4.98 Å². The van der Waals surface area contributed by atoms with E-state index in [1.807, 2.05) is 13.8 Å². The minimum atomic E-state index is 0.463. The maximum Gasteiger partial charge on any atom is 0.0923 e. The second-order valence-corrected chi connectivity index (χ2v) is 9.19. The van der Waals surface area contributed by atoms with Crippen molar-refractivity contribution in [3.05, 3.63) is 81.6 Å². The minimum absolute atomic E-state index is 0.463. The SMILES string of the molecule is C=C/C(CCC)=C(\C=C1\c2nc3cc(C)c(C)c4c3c(c2CN1C)CCC4)C1C=C1.CC.CN. The average Bonchev–Trinajstić information content (AvgIpc) is 3.66. The Morgan fingerprint density at radius 2 is 1.82 bits per heavy atom. The zero-order valence-electron chi connectivity index (χ0n) is 22.4. The fourth-order valence-electron chi connectivity index (χ4n) is 5.41. The van der Waals surface area contributed by atoms with E-state index in [1.165, 1.54) is 76.4 Å². The van der Waals surface area contributed by atoms with Crippen LogP contribution in [0.1, 0.15) is 73.5 Å². The first kappa shape index (κ1) is 26.0. The van der Waals surface area contributed by atoms with E-state index in [9.17, 15) is 0 Å². The number of fused-ring (bicyclic) bond motifs is 2. The van der Waals surface area contributed by atoms with Crippen molar-refractivity contribution < 1.29 is 0 Å². The summed E-state index contributed by atoms with van der Waals surface area (Å²) >= 11 is 0. The molecule has 1 aromatic carbocycles. The Labute approximate surface area is 207 Å². The third-order valence-corrected chi connectivity index (χ3v) is 7.21. The fraction of sp³-hybridized carbons (Fsp3) is 0.452. The minimum Gasteiger partial charge on any atom is -0.368 e. The van der Waals surface area contributed by atoms with Crippen LogP contribution < -0.4 is 5.73 Å². The van der Waals surface area contributed by atoms with Gasteiger partial charge in [0.05, 0.1) is 16.9 Å². The summed E-state index contributed by atoms with van der Waals surface area (Å²) in [6.45, 7) is 15.8. The first-order chi connectivity index (χ1) is 16.5. The zero-order valence-corrected chi connectivity index (χ0v) is 22.4. The molecule has 0 spiro atoms. The molecule has 1 aromatic heterocycles. The van der Waals surface area contributed by atoms with Gasteiger partial charge in [-0.05, 0) is 92.1 Å². The van der Waals surface area contributed by atoms with Crippen LogP contribution in [0, 0.1) is 19.8 Å². The molecule has 0 radical (unpaired) electrons. The maximum absolute atomic E-state index is 5.28. The van der Waals surface area contributed by atoms with Crippen LogP contribution in [0.25, 0.3) is 16.6 Å². The maximum atomic E-state index is 5.28. The van der Waals surface area contributed by atoms with Crippen molar-refractivity contribution in [3.8, 4) is 0 Å². The van der Waals surface area contributed by atoms with Gasteiger partial charge in [-0.3, -0.25) is 0 Å². The number of aryl methyl sites for hydroxylation is 3. The Balaban J connectivity index is 0.000000771. The summed E-state index contributed by atoms with van der Waals surface area (Å²) in [6, 6.07) is 2.31. The van der Waals surface area contributed by atoms with Crippen LogP contribution in [0.5, 0.6) is 0 Å². The second-order valence-electron chi connectivity index (χ2n) is 9.19. The molecule has 2 aromatic rings. The van der Waals surface area contributed by atoms with Crippen molar-refractivity contribution in [2.24, 2.45) is 11.7 Å². The number of hydrogen-bond donors (Lipinski definition) is 1. The third kappa shape index (κ3) is 4.63. The second kappa shape index (κ2) is 11.2. The number of aromatic nitrogens is 1. The van der Waals surface area contributed by atoms with Crippen LogP contribution in [0.15, 0.2) is 48.1 Å². The molecule has 34 heavy (non-hydrogen) atoms. The molecule has 0 unspecified atom stereocenters. The smallest absolute Gasteiger partial charge is 0.0923 e. The highest BCUT2D eigenvalue weighted by molar-refractivity contribution is 5.92. The van der Waals surface area contributed by atoms with E-state index in [1.54, 1.807) is 11.1 Å². The highest BCUT2D eigenvalue weighted by Crippen LogP contribution is 2.43. The van der Waals surface area contributed by atoms with Crippen molar-refractivity contribution in [3.63, 3.8) is 0 Å². The summed E-state index contributed by atoms with van der Waals surface area (Å²) in [5.41, 5.74) is 18.3. The molecule has 1 aliphatic heterocycles. The predicted molar refractivity (Wildman–Crippen MR) is 149 cm³/mol. The van der Waals surface area contributed by atoms with Gasteiger partial charge < -0.3 is 10.6 Å². The molecule has 182 valence electrons. The van der Waals surface area contributed by atoms with Gasteiger partial charge in [-0.25, -0.2) is 4.98 Å². The van der Waals surface area contributed by atoms with Crippen LogP contribution in [0.2, 0.25) is 0 Å². The summed E-state index contributed by atoms with van der Waals surface area (Å²) in [5, 5.41) is 1.45. The van der Waals surface area contributed by atoms with Crippen molar-refractivity contribution in [1.82, 2.24) is 9.88 Å². The first-order valence-electron chi connectivity index (χ1n) is 13.0. The van der Waals surface area contributed by atoms with Gasteiger partial charge in [-0.15, -0.1) is 0 Å². The average molecular weight is 458 g/mol. The van der Waals surface area contributed by atoms with Gasteiger partial charge in [0, 0.05) is 30.5 Å². The van der Waals surface area contributed by atoms with Crippen molar-refractivity contribution in [1.29, 1.82) is 0 Å². The lowest BCUT2D eigenvalue weighted by molar-refractivity contribution is 0.498. The van der Waals surface area contributed by atoms with E-state index in [0.717, 1.165) is 19.4 Å². The molecular weight excluding hydrogens is 414 g/mol. The number of rotatable bonds is 5. The number of hydrogen-bond acceptors (Lipinski definition) is 3. The lowest BCUT2D eigenvalue weighted by Gasteiger charge is -2.22. The van der Waals surface area contributed by atoms with Gasteiger partial charge in [0.2, 0.25) is 0 Å². The van der Waals surface area contributed by atoms with Gasteiger partial charge in [-0.1, -0.05) is 52.0 Å². The first-order valence-corrected chi connectivity index (χ1v) is 13.0. The standard InChI is InChI=1S/C28H32N2.C2H6.CH5N/c1-6-9-19(7-2)23(20-12-13-20)15-26-28-24(16-30(26)5)22-11-8-10-21-18(4)17(3)14-25(29-28)27(21)22;2*1-2/h7,12-15,20H,2,6,8-11,16H2,1,3-5H3;1-2H3;2H2,1H3/b23-19-,26-15-;;. The molecular formula is C31H43N3. The number of nitrogens with two attached hydrogens (primary N) is 1. The molecule has 5 rings (SSSR count). The number of allylic oxidation sites excluding steroid dienone is 6. The summed E-state index contributed by atoms with van der Waals surface area (Å²) in [4.78, 5) is 7.68. The molecule has 2 aliphatic carbocycles. The van der Waals surface area contributed by atoms with Gasteiger partial charge >= 0.3 is 0 Å². The zero-order chi connectivity index (χ0) is 25.0. The Hall–Kier alpha value is -2.65. The Bertz CT molecular complexity index is 1160. The van der Waals surface area contributed by atoms with E-state index in [2.05, 4.69) is 75.4 Å². The summed E-state index contributed by atoms with van der Waals surface area (Å²) in [5.74, 6) is 0.463. The molecule has 0 amide bonds. The van der Waals surface area contributed by atoms with Crippen molar-refractivity contribution >= 4 is 16.6 Å². The molecule has 0 atom stereocenters. The molecule has 3 aliphatic rings. The van der Waals surface area contributed by atoms with Gasteiger partial charge in [-0.2, -0.15) is 0 Å². The molecule has 0 bridgehead atoms. The molecule has 0 fully saturated rings. The summed E-state index contributed by atoms with van der Waals surface area (Å²) in [6.07, 6.45) is 14.9. The van der Waals surface area contributed by atoms with Crippen LogP contribution in [0.4, 0.5) is 0 Å². The molecule has 2 heterocycles. The number of pyridine rings is 1. The topological polar surface area (TPSA) is 42.2 Å².